The van der Waals surface area contributed by atoms with Gasteiger partial charge in [0, 0.05) is 22.3 Å². The van der Waals surface area contributed by atoms with Crippen LogP contribution in [0.25, 0.3) is 21.7 Å². The Morgan fingerprint density at radius 2 is 1.88 bits per heavy atom. The number of nitrogens with zero attached hydrogens (tertiary/aromatic N) is 1. The molecule has 2 aromatic carbocycles. The van der Waals surface area contributed by atoms with Crippen LogP contribution in [0.15, 0.2) is 62.9 Å². The van der Waals surface area contributed by atoms with E-state index in [-0.39, 0.29) is 18.2 Å². The lowest BCUT2D eigenvalue weighted by atomic mass is 9.78. The van der Waals surface area contributed by atoms with Gasteiger partial charge in [0.2, 0.25) is 5.91 Å². The number of carboxylic acid groups (broad SMARTS) is 1. The van der Waals surface area contributed by atoms with E-state index in [9.17, 15) is 24.6 Å². The number of aliphatic hydroxyl groups is 1. The lowest BCUT2D eigenvalue weighted by molar-refractivity contribution is -0.163. The van der Waals surface area contributed by atoms with Crippen LogP contribution in [0.4, 0.5) is 0 Å². The number of para-hydroxylation sites is 1. The van der Waals surface area contributed by atoms with Crippen molar-refractivity contribution in [3.05, 3.63) is 64.2 Å². The van der Waals surface area contributed by atoms with Gasteiger partial charge in [0.1, 0.15) is 23.6 Å². The molecule has 8 nitrogen and oxygen atoms in total. The quantitative estimate of drug-likeness (QED) is 0.359. The minimum Gasteiger partial charge on any atom is -0.488 e. The molecule has 2 aliphatic heterocycles. The van der Waals surface area contributed by atoms with Gasteiger partial charge in [-0.2, -0.15) is 0 Å². The molecule has 3 heterocycles. The van der Waals surface area contributed by atoms with Crippen molar-refractivity contribution in [1.82, 2.24) is 4.90 Å². The first-order valence-electron chi connectivity index (χ1n) is 10.4. The topological polar surface area (TPSA) is 117 Å². The molecule has 1 aromatic heterocycles. The van der Waals surface area contributed by atoms with E-state index < -0.39 is 35.6 Å². The predicted octanol–water partition coefficient (Wildman–Crippen LogP) is 2.52. The van der Waals surface area contributed by atoms with Crippen molar-refractivity contribution >= 4 is 33.6 Å². The molecule has 2 N–H and O–H groups in total. The Kier molecular flexibility index (Phi) is 4.56. The lowest BCUT2D eigenvalue weighted by Crippen LogP contribution is -2.63. The van der Waals surface area contributed by atoms with Crippen LogP contribution in [0, 0.1) is 11.8 Å². The first-order valence-corrected chi connectivity index (χ1v) is 10.4. The summed E-state index contributed by atoms with van der Waals surface area (Å²) in [4.78, 5) is 38.2. The molecule has 2 aliphatic rings. The normalized spacial score (nSPS) is 23.4. The monoisotopic (exact) mass is 435 g/mol. The van der Waals surface area contributed by atoms with Crippen molar-refractivity contribution < 1.29 is 29.0 Å². The molecule has 0 spiro atoms. The first-order chi connectivity index (χ1) is 15.3. The fourth-order valence-corrected chi connectivity index (χ4v) is 5.01. The first kappa shape index (κ1) is 20.3. The van der Waals surface area contributed by atoms with Gasteiger partial charge >= 0.3 is 11.6 Å². The van der Waals surface area contributed by atoms with Crippen LogP contribution in [0.5, 0.6) is 5.75 Å². The molecule has 4 atom stereocenters. The van der Waals surface area contributed by atoms with Crippen LogP contribution in [0.2, 0.25) is 0 Å². The van der Waals surface area contributed by atoms with Gasteiger partial charge in [-0.05, 0) is 25.1 Å². The number of hydrogen-bond acceptors (Lipinski definition) is 6. The number of rotatable bonds is 5. The summed E-state index contributed by atoms with van der Waals surface area (Å²) in [6.45, 7) is 3.30. The van der Waals surface area contributed by atoms with E-state index in [0.29, 0.717) is 33.1 Å². The van der Waals surface area contributed by atoms with Gasteiger partial charge in [0.05, 0.1) is 23.4 Å². The summed E-state index contributed by atoms with van der Waals surface area (Å²) >= 11 is 0. The summed E-state index contributed by atoms with van der Waals surface area (Å²) in [5.41, 5.74) is 0.325. The highest BCUT2D eigenvalue weighted by Gasteiger charge is 2.59. The molecule has 0 saturated carbocycles. The standard InChI is InChI=1S/C24H21NO7/c1-11-15(21(23(28)29)25-20(11)18(12(2)26)22(25)27)10-31-17-9-5-7-14-19(17)13-6-3-4-8-16(13)32-24(14)30/h3-9,11-12,18,20,26H,10H2,1-2H3,(H,28,29)/t11-,12?,18?,20?/m0/s1. The highest BCUT2D eigenvalue weighted by Crippen LogP contribution is 2.47. The zero-order valence-corrected chi connectivity index (χ0v) is 17.4. The Hall–Kier alpha value is -3.65. The van der Waals surface area contributed by atoms with E-state index in [1.54, 1.807) is 30.3 Å². The number of ether oxygens (including phenoxy) is 1. The molecule has 0 bridgehead atoms. The lowest BCUT2D eigenvalue weighted by Gasteiger charge is -2.46. The summed E-state index contributed by atoms with van der Waals surface area (Å²) in [6, 6.07) is 11.8. The van der Waals surface area contributed by atoms with Crippen molar-refractivity contribution in [2.45, 2.75) is 26.0 Å². The summed E-state index contributed by atoms with van der Waals surface area (Å²) in [5, 5.41) is 21.4. The summed E-state index contributed by atoms with van der Waals surface area (Å²) in [6.07, 6.45) is -0.870. The van der Waals surface area contributed by atoms with Crippen LogP contribution in [0.1, 0.15) is 13.8 Å². The second-order valence-electron chi connectivity index (χ2n) is 8.29. The average Bonchev–Trinajstić information content (AvgIpc) is 3.00. The van der Waals surface area contributed by atoms with E-state index >= 15 is 0 Å². The van der Waals surface area contributed by atoms with Crippen molar-refractivity contribution in [2.75, 3.05) is 6.61 Å². The minimum atomic E-state index is -1.21. The highest BCUT2D eigenvalue weighted by atomic mass is 16.5. The van der Waals surface area contributed by atoms with E-state index in [1.165, 1.54) is 11.8 Å². The Bertz CT molecular complexity index is 1370. The Balaban J connectivity index is 1.56. The average molecular weight is 435 g/mol. The maximum atomic E-state index is 12.5. The number of hydrogen-bond donors (Lipinski definition) is 2. The van der Waals surface area contributed by atoms with Gasteiger partial charge in [-0.25, -0.2) is 9.59 Å². The van der Waals surface area contributed by atoms with Gasteiger partial charge in [-0.3, -0.25) is 4.79 Å². The predicted molar refractivity (Wildman–Crippen MR) is 115 cm³/mol. The van der Waals surface area contributed by atoms with E-state index in [0.717, 1.165) is 0 Å². The molecule has 8 heteroatoms. The molecule has 0 radical (unpaired) electrons. The molecule has 5 rings (SSSR count). The fraction of sp³-hybridized carbons (Fsp3) is 0.292. The van der Waals surface area contributed by atoms with Gasteiger partial charge in [-0.1, -0.05) is 31.2 Å². The number of amides is 1. The number of aliphatic hydroxyl groups excluding tert-OH is 1. The number of aliphatic carboxylic acids is 1. The third kappa shape index (κ3) is 2.76. The van der Waals surface area contributed by atoms with Crippen LogP contribution < -0.4 is 10.4 Å². The third-order valence-electron chi connectivity index (χ3n) is 6.51. The molecule has 0 aliphatic carbocycles. The molecular formula is C24H21NO7. The fourth-order valence-electron chi connectivity index (χ4n) is 5.01. The Morgan fingerprint density at radius 3 is 2.59 bits per heavy atom. The zero-order valence-electron chi connectivity index (χ0n) is 17.4. The molecule has 1 saturated heterocycles. The molecule has 1 fully saturated rings. The minimum absolute atomic E-state index is 0.0662. The van der Waals surface area contributed by atoms with Crippen LogP contribution >= 0.6 is 0 Å². The Morgan fingerprint density at radius 1 is 1.16 bits per heavy atom. The van der Waals surface area contributed by atoms with Gasteiger partial charge < -0.3 is 24.3 Å². The van der Waals surface area contributed by atoms with Crippen molar-refractivity contribution in [3.63, 3.8) is 0 Å². The summed E-state index contributed by atoms with van der Waals surface area (Å²) in [5.74, 6) is -2.11. The number of carbonyl (C=O) groups is 2. The molecule has 1 amide bonds. The maximum absolute atomic E-state index is 12.5. The van der Waals surface area contributed by atoms with Gasteiger partial charge in [0.25, 0.3) is 0 Å². The maximum Gasteiger partial charge on any atom is 0.352 e. The molecule has 3 aromatic rings. The van der Waals surface area contributed by atoms with E-state index in [2.05, 4.69) is 0 Å². The van der Waals surface area contributed by atoms with Crippen molar-refractivity contribution in [1.29, 1.82) is 0 Å². The highest BCUT2D eigenvalue weighted by molar-refractivity contribution is 6.07. The third-order valence-corrected chi connectivity index (χ3v) is 6.51. The molecule has 32 heavy (non-hydrogen) atoms. The largest absolute Gasteiger partial charge is 0.488 e. The smallest absolute Gasteiger partial charge is 0.352 e. The summed E-state index contributed by atoms with van der Waals surface area (Å²) in [7, 11) is 0. The van der Waals surface area contributed by atoms with Crippen molar-refractivity contribution in [3.8, 4) is 5.75 Å². The number of benzene rings is 2. The van der Waals surface area contributed by atoms with Crippen molar-refractivity contribution in [2.24, 2.45) is 11.8 Å². The van der Waals surface area contributed by atoms with Crippen LogP contribution in [-0.4, -0.2) is 45.7 Å². The van der Waals surface area contributed by atoms with E-state index in [1.807, 2.05) is 19.1 Å². The number of carboxylic acids is 1. The number of β-lactam (4-membered cyclic amide) rings is 1. The zero-order chi connectivity index (χ0) is 22.7. The molecular weight excluding hydrogens is 414 g/mol. The van der Waals surface area contributed by atoms with Crippen LogP contribution in [-0.2, 0) is 9.59 Å². The second-order valence-corrected chi connectivity index (χ2v) is 8.29. The molecule has 3 unspecified atom stereocenters. The summed E-state index contributed by atoms with van der Waals surface area (Å²) < 4.78 is 11.5. The van der Waals surface area contributed by atoms with Gasteiger partial charge in [0.15, 0.2) is 0 Å². The van der Waals surface area contributed by atoms with Crippen LogP contribution in [0.3, 0.4) is 0 Å². The Labute approximate surface area is 182 Å². The van der Waals surface area contributed by atoms with Gasteiger partial charge in [-0.15, -0.1) is 0 Å². The SMILES string of the molecule is CC(O)C1C(=O)N2C(C(=O)O)=C(COc3cccc4c(=O)oc5ccccc5c34)[C@H](C)C12. The number of fused-ring (bicyclic) bond motifs is 4. The van der Waals surface area contributed by atoms with E-state index in [4.69, 9.17) is 9.15 Å². The second kappa shape index (κ2) is 7.20. The molecule has 164 valence electrons. The number of carbonyl (C=O) groups excluding carboxylic acids is 1.